The van der Waals surface area contributed by atoms with Crippen LogP contribution >= 0.6 is 0 Å². The Morgan fingerprint density at radius 1 is 1.18 bits per heavy atom. The number of H-pyrrole nitrogens is 1. The lowest BCUT2D eigenvalue weighted by atomic mass is 10.1. The van der Waals surface area contributed by atoms with Crippen LogP contribution in [0.5, 0.6) is 5.75 Å². The molecule has 0 saturated carbocycles. The predicted molar refractivity (Wildman–Crippen MR) is 109 cm³/mol. The molecule has 7 heteroatoms. The van der Waals surface area contributed by atoms with E-state index in [4.69, 9.17) is 4.74 Å². The molecular weight excluding hydrogens is 354 g/mol. The van der Waals surface area contributed by atoms with Crippen LogP contribution < -0.4 is 15.6 Å². The van der Waals surface area contributed by atoms with E-state index in [1.807, 2.05) is 56.3 Å². The second kappa shape index (κ2) is 7.56. The number of aromatic amines is 1. The van der Waals surface area contributed by atoms with Crippen LogP contribution in [0.1, 0.15) is 18.1 Å². The number of fused-ring (bicyclic) bond motifs is 1. The maximum Gasteiger partial charge on any atom is 0.263 e. The Labute approximate surface area is 162 Å². The lowest BCUT2D eigenvalue weighted by Gasteiger charge is -2.10. The first-order chi connectivity index (χ1) is 13.7. The highest BCUT2D eigenvalue weighted by atomic mass is 16.5. The Kier molecular flexibility index (Phi) is 4.80. The van der Waals surface area contributed by atoms with Gasteiger partial charge in [0.15, 0.2) is 5.65 Å². The summed E-state index contributed by atoms with van der Waals surface area (Å²) in [5.74, 6) is 1.28. The molecule has 0 aliphatic rings. The maximum absolute atomic E-state index is 12.4. The molecule has 2 N–H and O–H groups in total. The Balaban J connectivity index is 1.61. The van der Waals surface area contributed by atoms with E-state index >= 15 is 0 Å². The Bertz CT molecular complexity index is 1160. The molecule has 0 aliphatic heterocycles. The molecule has 0 spiro atoms. The number of hydrogen-bond acceptors (Lipinski definition) is 5. The van der Waals surface area contributed by atoms with Gasteiger partial charge in [0.05, 0.1) is 18.5 Å². The van der Waals surface area contributed by atoms with Crippen molar-refractivity contribution in [2.75, 3.05) is 11.9 Å². The fourth-order valence-electron chi connectivity index (χ4n) is 3.09. The van der Waals surface area contributed by atoms with Crippen molar-refractivity contribution in [2.45, 2.75) is 20.4 Å². The summed E-state index contributed by atoms with van der Waals surface area (Å²) in [7, 11) is 0. The van der Waals surface area contributed by atoms with E-state index in [0.717, 1.165) is 22.6 Å². The lowest BCUT2D eigenvalue weighted by molar-refractivity contribution is 0.338. The molecule has 0 aliphatic carbocycles. The molecule has 2 aromatic heterocycles. The lowest BCUT2D eigenvalue weighted by Crippen LogP contribution is -2.13. The van der Waals surface area contributed by atoms with Gasteiger partial charge in [0.1, 0.15) is 11.1 Å². The molecule has 0 atom stereocenters. The minimum Gasteiger partial charge on any atom is -0.494 e. The summed E-state index contributed by atoms with van der Waals surface area (Å²) in [6.45, 7) is 5.15. The van der Waals surface area contributed by atoms with Gasteiger partial charge in [-0.3, -0.25) is 9.78 Å². The zero-order valence-corrected chi connectivity index (χ0v) is 15.8. The molecule has 0 fully saturated rings. The average molecular weight is 375 g/mol. The van der Waals surface area contributed by atoms with Crippen molar-refractivity contribution < 1.29 is 4.74 Å². The number of aromatic nitrogens is 4. The first kappa shape index (κ1) is 17.8. The van der Waals surface area contributed by atoms with Crippen LogP contribution in [0, 0.1) is 6.92 Å². The Hall–Kier alpha value is -3.61. The quantitative estimate of drug-likeness (QED) is 0.539. The van der Waals surface area contributed by atoms with Crippen LogP contribution in [0.15, 0.2) is 59.5 Å². The molecule has 4 rings (SSSR count). The molecular formula is C21H21N5O2. The topological polar surface area (TPSA) is 84.8 Å². The number of hydrogen-bond donors (Lipinski definition) is 2. The van der Waals surface area contributed by atoms with Crippen molar-refractivity contribution in [1.29, 1.82) is 0 Å². The van der Waals surface area contributed by atoms with Crippen molar-refractivity contribution in [3.05, 3.63) is 76.2 Å². The van der Waals surface area contributed by atoms with Crippen LogP contribution in [0.2, 0.25) is 0 Å². The van der Waals surface area contributed by atoms with Crippen LogP contribution in [0.4, 0.5) is 5.95 Å². The molecule has 0 saturated heterocycles. The highest BCUT2D eigenvalue weighted by Gasteiger charge is 2.11. The van der Waals surface area contributed by atoms with E-state index in [0.29, 0.717) is 30.1 Å². The number of anilines is 1. The van der Waals surface area contributed by atoms with Crippen molar-refractivity contribution in [2.24, 2.45) is 0 Å². The van der Waals surface area contributed by atoms with Crippen LogP contribution in [0.25, 0.3) is 16.7 Å². The van der Waals surface area contributed by atoms with Gasteiger partial charge in [-0.05, 0) is 43.2 Å². The summed E-state index contributed by atoms with van der Waals surface area (Å²) in [6.07, 6.45) is 1.54. The number of nitrogens with one attached hydrogen (secondary N) is 2. The number of para-hydroxylation sites is 1. The first-order valence-electron chi connectivity index (χ1n) is 9.15. The molecule has 0 radical (unpaired) electrons. The molecule has 7 nitrogen and oxygen atoms in total. The fourth-order valence-corrected chi connectivity index (χ4v) is 3.09. The normalized spacial score (nSPS) is 10.9. The third-order valence-electron chi connectivity index (χ3n) is 4.44. The summed E-state index contributed by atoms with van der Waals surface area (Å²) in [4.78, 5) is 19.8. The Morgan fingerprint density at radius 3 is 2.75 bits per heavy atom. The van der Waals surface area contributed by atoms with Gasteiger partial charge < -0.3 is 10.1 Å². The van der Waals surface area contributed by atoms with E-state index in [1.165, 1.54) is 6.20 Å². The second-order valence-electron chi connectivity index (χ2n) is 6.43. The van der Waals surface area contributed by atoms with Gasteiger partial charge >= 0.3 is 0 Å². The monoisotopic (exact) mass is 375 g/mol. The smallest absolute Gasteiger partial charge is 0.263 e. The zero-order chi connectivity index (χ0) is 19.5. The van der Waals surface area contributed by atoms with Crippen molar-refractivity contribution in [3.8, 4) is 11.4 Å². The van der Waals surface area contributed by atoms with Gasteiger partial charge in [0.2, 0.25) is 5.95 Å². The second-order valence-corrected chi connectivity index (χ2v) is 6.43. The molecule has 0 unspecified atom stereocenters. The summed E-state index contributed by atoms with van der Waals surface area (Å²) >= 11 is 0. The van der Waals surface area contributed by atoms with E-state index in [-0.39, 0.29) is 5.56 Å². The highest BCUT2D eigenvalue weighted by Crippen LogP contribution is 2.20. The number of nitrogens with zero attached hydrogens (tertiary/aromatic N) is 3. The molecule has 2 heterocycles. The minimum atomic E-state index is -0.224. The van der Waals surface area contributed by atoms with E-state index < -0.39 is 0 Å². The van der Waals surface area contributed by atoms with E-state index in [2.05, 4.69) is 26.4 Å². The summed E-state index contributed by atoms with van der Waals surface area (Å²) < 4.78 is 7.24. The van der Waals surface area contributed by atoms with Crippen molar-refractivity contribution in [3.63, 3.8) is 0 Å². The van der Waals surface area contributed by atoms with Crippen LogP contribution in [-0.4, -0.2) is 26.4 Å². The van der Waals surface area contributed by atoms with Crippen molar-refractivity contribution in [1.82, 2.24) is 19.7 Å². The first-order valence-corrected chi connectivity index (χ1v) is 9.15. The molecule has 2 aromatic carbocycles. The summed E-state index contributed by atoms with van der Waals surface area (Å²) in [5.41, 5.74) is 3.28. The van der Waals surface area contributed by atoms with Gasteiger partial charge in [-0.1, -0.05) is 30.3 Å². The van der Waals surface area contributed by atoms with Gasteiger partial charge in [-0.25, -0.2) is 4.68 Å². The molecule has 4 aromatic rings. The standard InChI is InChI=1S/C21H21N5O2/c1-3-28-18-10-9-15(11-14(18)2)12-22-21-24-19-17(20(27)25-21)13-23-26(19)16-7-5-4-6-8-16/h4-11,13H,3,12H2,1-2H3,(H2,22,24,25,27). The molecule has 142 valence electrons. The number of ether oxygens (including phenoxy) is 1. The van der Waals surface area contributed by atoms with Crippen LogP contribution in [-0.2, 0) is 6.54 Å². The molecule has 0 amide bonds. The minimum absolute atomic E-state index is 0.224. The summed E-state index contributed by atoms with van der Waals surface area (Å²) in [6, 6.07) is 15.6. The molecule has 28 heavy (non-hydrogen) atoms. The van der Waals surface area contributed by atoms with E-state index in [9.17, 15) is 4.79 Å². The van der Waals surface area contributed by atoms with Gasteiger partial charge in [-0.15, -0.1) is 0 Å². The van der Waals surface area contributed by atoms with E-state index in [1.54, 1.807) is 4.68 Å². The van der Waals surface area contributed by atoms with Gasteiger partial charge in [-0.2, -0.15) is 10.1 Å². The van der Waals surface area contributed by atoms with Crippen LogP contribution in [0.3, 0.4) is 0 Å². The zero-order valence-electron chi connectivity index (χ0n) is 15.8. The SMILES string of the molecule is CCOc1ccc(CNc2nc3c(cnn3-c3ccccc3)c(=O)[nH]2)cc1C. The Morgan fingerprint density at radius 2 is 2.00 bits per heavy atom. The maximum atomic E-state index is 12.4. The summed E-state index contributed by atoms with van der Waals surface area (Å²) in [5, 5.41) is 7.96. The fraction of sp³-hybridized carbons (Fsp3) is 0.190. The third kappa shape index (κ3) is 3.46. The average Bonchev–Trinajstić information content (AvgIpc) is 3.14. The highest BCUT2D eigenvalue weighted by molar-refractivity contribution is 5.76. The predicted octanol–water partition coefficient (Wildman–Crippen LogP) is 3.43. The van der Waals surface area contributed by atoms with Gasteiger partial charge in [0.25, 0.3) is 5.56 Å². The third-order valence-corrected chi connectivity index (χ3v) is 4.44. The number of benzene rings is 2. The van der Waals surface area contributed by atoms with Gasteiger partial charge in [0, 0.05) is 6.54 Å². The number of rotatable bonds is 6. The van der Waals surface area contributed by atoms with Crippen molar-refractivity contribution >= 4 is 17.0 Å². The molecule has 0 bridgehead atoms. The number of aryl methyl sites for hydroxylation is 1. The largest absolute Gasteiger partial charge is 0.494 e.